The predicted octanol–water partition coefficient (Wildman–Crippen LogP) is 5.63. The summed E-state index contributed by atoms with van der Waals surface area (Å²) >= 11 is 9.38. The van der Waals surface area contributed by atoms with E-state index in [1.165, 1.54) is 29.2 Å². The molecule has 0 saturated carbocycles. The molecule has 1 N–H and O–H groups in total. The van der Waals surface area contributed by atoms with Crippen LogP contribution < -0.4 is 9.62 Å². The highest BCUT2D eigenvalue weighted by atomic mass is 79.9. The number of nitrogens with one attached hydrogen (secondary N) is 1. The zero-order valence-electron chi connectivity index (χ0n) is 21.3. The van der Waals surface area contributed by atoms with Crippen LogP contribution in [0.15, 0.2) is 88.2 Å². The summed E-state index contributed by atoms with van der Waals surface area (Å²) in [7, 11) is -4.12. The molecule has 3 aromatic rings. The molecule has 0 saturated heterocycles. The summed E-state index contributed by atoms with van der Waals surface area (Å²) in [4.78, 5) is 28.2. The molecule has 1 atom stereocenters. The Morgan fingerprint density at radius 3 is 2.21 bits per heavy atom. The van der Waals surface area contributed by atoms with Gasteiger partial charge in [0.25, 0.3) is 10.0 Å². The molecule has 0 radical (unpaired) electrons. The number of anilines is 1. The number of sulfonamides is 1. The number of para-hydroxylation sites is 1. The van der Waals surface area contributed by atoms with Gasteiger partial charge in [-0.25, -0.2) is 8.42 Å². The van der Waals surface area contributed by atoms with Crippen molar-refractivity contribution in [1.82, 2.24) is 10.2 Å². The molecule has 3 aromatic carbocycles. The smallest absolute Gasteiger partial charge is 0.264 e. The first-order valence-corrected chi connectivity index (χ1v) is 14.9. The molecular formula is C28H31BrClN3O4S. The Morgan fingerprint density at radius 1 is 0.974 bits per heavy atom. The van der Waals surface area contributed by atoms with E-state index in [2.05, 4.69) is 21.2 Å². The van der Waals surface area contributed by atoms with Crippen molar-refractivity contribution in [2.75, 3.05) is 17.4 Å². The first kappa shape index (κ1) is 29.7. The van der Waals surface area contributed by atoms with Gasteiger partial charge in [-0.15, -0.1) is 0 Å². The zero-order chi connectivity index (χ0) is 27.7. The molecule has 0 aliphatic carbocycles. The molecule has 2 amide bonds. The maximum atomic E-state index is 13.8. The Bertz CT molecular complexity index is 1320. The Morgan fingerprint density at radius 2 is 1.61 bits per heavy atom. The molecule has 0 spiro atoms. The largest absolute Gasteiger partial charge is 0.354 e. The van der Waals surface area contributed by atoms with Gasteiger partial charge in [-0.1, -0.05) is 71.2 Å². The number of amides is 2. The van der Waals surface area contributed by atoms with Crippen LogP contribution in [0.5, 0.6) is 0 Å². The fraction of sp³-hybridized carbons (Fsp3) is 0.286. The highest BCUT2D eigenvalue weighted by Gasteiger charge is 2.32. The van der Waals surface area contributed by atoms with E-state index in [0.717, 1.165) is 27.2 Å². The molecule has 202 valence electrons. The van der Waals surface area contributed by atoms with E-state index in [4.69, 9.17) is 11.6 Å². The average molecular weight is 621 g/mol. The number of hydrogen-bond donors (Lipinski definition) is 1. The van der Waals surface area contributed by atoms with Crippen molar-refractivity contribution >= 4 is 55.1 Å². The van der Waals surface area contributed by atoms with E-state index in [-0.39, 0.29) is 17.3 Å². The fourth-order valence-electron chi connectivity index (χ4n) is 3.76. The zero-order valence-corrected chi connectivity index (χ0v) is 24.5. The van der Waals surface area contributed by atoms with Crippen LogP contribution in [0.25, 0.3) is 0 Å². The van der Waals surface area contributed by atoms with Crippen LogP contribution >= 0.6 is 27.5 Å². The van der Waals surface area contributed by atoms with Crippen molar-refractivity contribution in [2.24, 2.45) is 0 Å². The highest BCUT2D eigenvalue weighted by molar-refractivity contribution is 9.10. The summed E-state index contributed by atoms with van der Waals surface area (Å²) in [5.41, 5.74) is 1.14. The predicted molar refractivity (Wildman–Crippen MR) is 154 cm³/mol. The molecule has 0 aliphatic rings. The lowest BCUT2D eigenvalue weighted by Crippen LogP contribution is -2.51. The quantitative estimate of drug-likeness (QED) is 0.266. The third-order valence-corrected chi connectivity index (χ3v) is 8.56. The molecule has 0 aliphatic heterocycles. The summed E-state index contributed by atoms with van der Waals surface area (Å²) in [5, 5.41) is 3.27. The van der Waals surface area contributed by atoms with Crippen LogP contribution in [0.4, 0.5) is 5.69 Å². The second kappa shape index (κ2) is 13.8. The molecule has 0 unspecified atom stereocenters. The number of hydrogen-bond acceptors (Lipinski definition) is 4. The Hall–Kier alpha value is -2.88. The fourth-order valence-corrected chi connectivity index (χ4v) is 5.57. The molecule has 10 heteroatoms. The Balaban J connectivity index is 1.96. The molecule has 38 heavy (non-hydrogen) atoms. The number of halogens is 2. The molecule has 3 rings (SSSR count). The molecule has 0 heterocycles. The number of nitrogens with zero attached hydrogens (tertiary/aromatic N) is 2. The van der Waals surface area contributed by atoms with Crippen LogP contribution in [-0.4, -0.2) is 44.3 Å². The van der Waals surface area contributed by atoms with Gasteiger partial charge in [-0.3, -0.25) is 13.9 Å². The second-order valence-electron chi connectivity index (χ2n) is 8.77. The third-order valence-electron chi connectivity index (χ3n) is 5.99. The monoisotopic (exact) mass is 619 g/mol. The van der Waals surface area contributed by atoms with Gasteiger partial charge in [-0.2, -0.15) is 0 Å². The lowest BCUT2D eigenvalue weighted by Gasteiger charge is -2.32. The second-order valence-corrected chi connectivity index (χ2v) is 12.0. The van der Waals surface area contributed by atoms with Gasteiger partial charge in [0.05, 0.1) is 10.6 Å². The van der Waals surface area contributed by atoms with E-state index >= 15 is 0 Å². The number of rotatable bonds is 12. The van der Waals surface area contributed by atoms with Crippen LogP contribution in [0.1, 0.15) is 32.3 Å². The van der Waals surface area contributed by atoms with Gasteiger partial charge in [0.1, 0.15) is 12.6 Å². The molecule has 0 bridgehead atoms. The summed E-state index contributed by atoms with van der Waals surface area (Å²) in [6.45, 7) is 3.83. The first-order chi connectivity index (χ1) is 18.1. The number of unbranched alkanes of at least 4 members (excludes halogenated alkanes) is 1. The average Bonchev–Trinajstić information content (AvgIpc) is 2.91. The molecule has 0 aromatic heterocycles. The van der Waals surface area contributed by atoms with Gasteiger partial charge in [0, 0.05) is 22.6 Å². The normalized spacial score (nSPS) is 12.0. The van der Waals surface area contributed by atoms with Crippen LogP contribution in [0.2, 0.25) is 5.02 Å². The topological polar surface area (TPSA) is 86.8 Å². The summed E-state index contributed by atoms with van der Waals surface area (Å²) in [6, 6.07) is 20.8. The van der Waals surface area contributed by atoms with E-state index in [1.54, 1.807) is 37.3 Å². The summed E-state index contributed by atoms with van der Waals surface area (Å²) < 4.78 is 29.4. The van der Waals surface area contributed by atoms with Crippen molar-refractivity contribution in [1.29, 1.82) is 0 Å². The van der Waals surface area contributed by atoms with Gasteiger partial charge < -0.3 is 10.2 Å². The van der Waals surface area contributed by atoms with Crippen molar-refractivity contribution in [3.8, 4) is 0 Å². The maximum Gasteiger partial charge on any atom is 0.264 e. The third kappa shape index (κ3) is 7.82. The summed E-state index contributed by atoms with van der Waals surface area (Å²) in [6.07, 6.45) is 1.74. The van der Waals surface area contributed by atoms with E-state index in [0.29, 0.717) is 17.3 Å². The van der Waals surface area contributed by atoms with Crippen molar-refractivity contribution in [3.63, 3.8) is 0 Å². The van der Waals surface area contributed by atoms with Crippen molar-refractivity contribution < 1.29 is 18.0 Å². The molecule has 7 nitrogen and oxygen atoms in total. The van der Waals surface area contributed by atoms with Gasteiger partial charge in [0.2, 0.25) is 11.8 Å². The Labute approximate surface area is 238 Å². The molecule has 0 fully saturated rings. The number of carbonyl (C=O) groups excluding carboxylic acids is 2. The van der Waals surface area contributed by atoms with Crippen LogP contribution in [0.3, 0.4) is 0 Å². The summed E-state index contributed by atoms with van der Waals surface area (Å²) in [5.74, 6) is -0.803. The van der Waals surface area contributed by atoms with Gasteiger partial charge >= 0.3 is 0 Å². The minimum absolute atomic E-state index is 0.00312. The Kier molecular flexibility index (Phi) is 10.8. The van der Waals surface area contributed by atoms with E-state index in [9.17, 15) is 18.0 Å². The first-order valence-electron chi connectivity index (χ1n) is 12.3. The SMILES string of the molecule is CCCCNC(=O)[C@@H](C)N(Cc1ccc(Br)cc1)C(=O)CN(c1ccccc1)S(=O)(=O)c1ccc(Cl)cc1. The molecular weight excluding hydrogens is 590 g/mol. The minimum Gasteiger partial charge on any atom is -0.354 e. The van der Waals surface area contributed by atoms with Gasteiger partial charge in [0.15, 0.2) is 0 Å². The van der Waals surface area contributed by atoms with Gasteiger partial charge in [-0.05, 0) is 67.4 Å². The lowest BCUT2D eigenvalue weighted by molar-refractivity contribution is -0.139. The van der Waals surface area contributed by atoms with E-state index < -0.39 is 28.5 Å². The maximum absolute atomic E-state index is 13.8. The lowest BCUT2D eigenvalue weighted by atomic mass is 10.1. The van der Waals surface area contributed by atoms with Crippen molar-refractivity contribution in [3.05, 3.63) is 93.9 Å². The van der Waals surface area contributed by atoms with Crippen LogP contribution in [-0.2, 0) is 26.2 Å². The minimum atomic E-state index is -4.12. The number of benzene rings is 3. The number of carbonyl (C=O) groups is 2. The highest BCUT2D eigenvalue weighted by Crippen LogP contribution is 2.25. The van der Waals surface area contributed by atoms with E-state index in [1.807, 2.05) is 31.2 Å². The standard InChI is InChI=1S/C28H31BrClN3O4S/c1-3-4-18-31-28(35)21(2)32(19-22-10-12-23(29)13-11-22)27(34)20-33(25-8-6-5-7-9-25)38(36,37)26-16-14-24(30)15-17-26/h5-17,21H,3-4,18-20H2,1-2H3,(H,31,35)/t21-/m1/s1. The van der Waals surface area contributed by atoms with Crippen LogP contribution in [0, 0.1) is 0 Å². The van der Waals surface area contributed by atoms with Crippen molar-refractivity contribution in [2.45, 2.75) is 44.2 Å².